The minimum Gasteiger partial charge on any atom is -0.252 e. The molecule has 1 aromatic heterocycles. The number of fused-ring (bicyclic) bond motifs is 1. The summed E-state index contributed by atoms with van der Waals surface area (Å²) in [5.74, 6) is 0. The monoisotopic (exact) mass is 205 g/mol. The van der Waals surface area contributed by atoms with E-state index in [0.717, 1.165) is 22.7 Å². The van der Waals surface area contributed by atoms with E-state index in [2.05, 4.69) is 24.0 Å². The van der Waals surface area contributed by atoms with Gasteiger partial charge in [0.25, 0.3) is 0 Å². The highest BCUT2D eigenvalue weighted by atomic mass is 35.5. The predicted octanol–water partition coefficient (Wildman–Crippen LogP) is 3.76. The molecule has 2 aromatic rings. The molecule has 0 radical (unpaired) electrons. The van der Waals surface area contributed by atoms with Crippen molar-refractivity contribution < 1.29 is 0 Å². The van der Waals surface area contributed by atoms with Gasteiger partial charge in [0.15, 0.2) is 0 Å². The summed E-state index contributed by atoms with van der Waals surface area (Å²) < 4.78 is 0. The molecule has 0 N–H and O–H groups in total. The Kier molecular flexibility index (Phi) is 2.42. The second-order valence-electron chi connectivity index (χ2n) is 3.41. The molecule has 1 heterocycles. The minimum absolute atomic E-state index is 0.737. The van der Waals surface area contributed by atoms with E-state index in [1.54, 1.807) is 0 Å². The third-order valence-corrected chi connectivity index (χ3v) is 2.69. The van der Waals surface area contributed by atoms with Gasteiger partial charge >= 0.3 is 0 Å². The first-order chi connectivity index (χ1) is 6.72. The second kappa shape index (κ2) is 3.58. The lowest BCUT2D eigenvalue weighted by Gasteiger charge is -2.06. The van der Waals surface area contributed by atoms with Crippen molar-refractivity contribution in [3.8, 4) is 0 Å². The van der Waals surface area contributed by atoms with Crippen LogP contribution in [0.5, 0.6) is 0 Å². The molecule has 0 spiro atoms. The fourth-order valence-electron chi connectivity index (χ4n) is 1.72. The lowest BCUT2D eigenvalue weighted by Crippen LogP contribution is -1.90. The van der Waals surface area contributed by atoms with E-state index in [1.807, 2.05) is 19.1 Å². The van der Waals surface area contributed by atoms with Crippen LogP contribution in [0.15, 0.2) is 24.3 Å². The molecule has 0 saturated heterocycles. The van der Waals surface area contributed by atoms with Gasteiger partial charge in [0.1, 0.15) is 0 Å². The van der Waals surface area contributed by atoms with Crippen LogP contribution < -0.4 is 0 Å². The molecule has 0 aliphatic carbocycles. The normalized spacial score (nSPS) is 10.8. The summed E-state index contributed by atoms with van der Waals surface area (Å²) in [6.07, 6.45) is 1.01. The van der Waals surface area contributed by atoms with Crippen LogP contribution in [0.25, 0.3) is 10.9 Å². The highest BCUT2D eigenvalue weighted by Gasteiger charge is 2.04. The molecule has 72 valence electrons. The smallest absolute Gasteiger partial charge is 0.0894 e. The minimum atomic E-state index is 0.737. The van der Waals surface area contributed by atoms with Gasteiger partial charge in [-0.25, -0.2) is 0 Å². The molecule has 1 aromatic carbocycles. The Hall–Kier alpha value is -1.08. The van der Waals surface area contributed by atoms with E-state index >= 15 is 0 Å². The molecular formula is C12H12ClN. The van der Waals surface area contributed by atoms with E-state index in [0.29, 0.717) is 0 Å². The number of nitrogens with zero attached hydrogens (tertiary/aromatic N) is 1. The molecule has 0 aliphatic rings. The molecule has 0 saturated carbocycles. The third-order valence-electron chi connectivity index (χ3n) is 2.38. The number of halogens is 1. The molecule has 0 fully saturated rings. The van der Waals surface area contributed by atoms with Gasteiger partial charge in [-0.1, -0.05) is 30.7 Å². The Morgan fingerprint density at radius 3 is 2.86 bits per heavy atom. The average Bonchev–Trinajstić information content (AvgIpc) is 2.18. The van der Waals surface area contributed by atoms with Crippen molar-refractivity contribution in [2.75, 3.05) is 0 Å². The van der Waals surface area contributed by atoms with Crippen molar-refractivity contribution in [1.82, 2.24) is 4.98 Å². The fraction of sp³-hybridized carbons (Fsp3) is 0.250. The van der Waals surface area contributed by atoms with Gasteiger partial charge in [-0.15, -0.1) is 0 Å². The Labute approximate surface area is 88.7 Å². The first kappa shape index (κ1) is 9.47. The van der Waals surface area contributed by atoms with E-state index in [-0.39, 0.29) is 0 Å². The number of aromatic nitrogens is 1. The fourth-order valence-corrected chi connectivity index (χ4v) is 1.94. The molecule has 0 aliphatic heterocycles. The molecule has 2 heteroatoms. The van der Waals surface area contributed by atoms with Crippen LogP contribution in [-0.2, 0) is 6.42 Å². The molecule has 0 bridgehead atoms. The molecule has 1 nitrogen and oxygen atoms in total. The van der Waals surface area contributed by atoms with Crippen LogP contribution >= 0.6 is 11.6 Å². The van der Waals surface area contributed by atoms with Crippen LogP contribution in [0, 0.1) is 6.92 Å². The third kappa shape index (κ3) is 1.48. The predicted molar refractivity (Wildman–Crippen MR) is 60.9 cm³/mol. The number of hydrogen-bond acceptors (Lipinski definition) is 1. The van der Waals surface area contributed by atoms with Crippen LogP contribution in [0.2, 0.25) is 5.02 Å². The lowest BCUT2D eigenvalue weighted by molar-refractivity contribution is 1.12. The van der Waals surface area contributed by atoms with E-state index in [4.69, 9.17) is 11.6 Å². The summed E-state index contributed by atoms with van der Waals surface area (Å²) in [7, 11) is 0. The summed E-state index contributed by atoms with van der Waals surface area (Å²) in [4.78, 5) is 4.45. The summed E-state index contributed by atoms with van der Waals surface area (Å²) >= 11 is 6.10. The topological polar surface area (TPSA) is 12.9 Å². The standard InChI is InChI=1S/C12H12ClN/c1-3-9-7-8(2)14-12-10(9)5-4-6-11(12)13/h4-7H,3H2,1-2H3. The van der Waals surface area contributed by atoms with Gasteiger partial charge < -0.3 is 0 Å². The average molecular weight is 206 g/mol. The summed E-state index contributed by atoms with van der Waals surface area (Å²) in [6.45, 7) is 4.15. The van der Waals surface area contributed by atoms with Crippen molar-refractivity contribution in [1.29, 1.82) is 0 Å². The van der Waals surface area contributed by atoms with Crippen LogP contribution in [0.4, 0.5) is 0 Å². The zero-order chi connectivity index (χ0) is 10.1. The lowest BCUT2D eigenvalue weighted by atomic mass is 10.1. The molecular weight excluding hydrogens is 194 g/mol. The highest BCUT2D eigenvalue weighted by molar-refractivity contribution is 6.35. The van der Waals surface area contributed by atoms with Crippen LogP contribution in [-0.4, -0.2) is 4.98 Å². The number of pyridine rings is 1. The number of para-hydroxylation sites is 1. The first-order valence-corrected chi connectivity index (χ1v) is 5.15. The summed E-state index contributed by atoms with van der Waals surface area (Å²) in [5, 5.41) is 1.91. The molecule has 2 rings (SSSR count). The maximum Gasteiger partial charge on any atom is 0.0894 e. The Morgan fingerprint density at radius 1 is 1.36 bits per heavy atom. The van der Waals surface area contributed by atoms with Gasteiger partial charge in [-0.05, 0) is 31.0 Å². The quantitative estimate of drug-likeness (QED) is 0.691. The number of hydrogen-bond donors (Lipinski definition) is 0. The zero-order valence-electron chi connectivity index (χ0n) is 8.34. The number of benzene rings is 1. The van der Waals surface area contributed by atoms with Crippen molar-refractivity contribution >= 4 is 22.5 Å². The SMILES string of the molecule is CCc1cc(C)nc2c(Cl)cccc12. The van der Waals surface area contributed by atoms with Crippen molar-refractivity contribution in [3.63, 3.8) is 0 Å². The molecule has 14 heavy (non-hydrogen) atoms. The number of aryl methyl sites for hydroxylation is 2. The zero-order valence-corrected chi connectivity index (χ0v) is 9.10. The Morgan fingerprint density at radius 2 is 2.14 bits per heavy atom. The van der Waals surface area contributed by atoms with E-state index in [1.165, 1.54) is 10.9 Å². The van der Waals surface area contributed by atoms with Gasteiger partial charge in [0.05, 0.1) is 10.5 Å². The number of rotatable bonds is 1. The Balaban J connectivity index is 2.87. The van der Waals surface area contributed by atoms with E-state index < -0.39 is 0 Å². The maximum absolute atomic E-state index is 6.10. The summed E-state index contributed by atoms with van der Waals surface area (Å²) in [6, 6.07) is 8.06. The van der Waals surface area contributed by atoms with Gasteiger partial charge in [-0.3, -0.25) is 4.98 Å². The molecule has 0 amide bonds. The van der Waals surface area contributed by atoms with Crippen molar-refractivity contribution in [2.24, 2.45) is 0 Å². The van der Waals surface area contributed by atoms with Crippen molar-refractivity contribution in [3.05, 3.63) is 40.5 Å². The second-order valence-corrected chi connectivity index (χ2v) is 3.82. The van der Waals surface area contributed by atoms with Crippen molar-refractivity contribution in [2.45, 2.75) is 20.3 Å². The summed E-state index contributed by atoms with van der Waals surface area (Å²) in [5.41, 5.74) is 3.27. The largest absolute Gasteiger partial charge is 0.252 e. The molecule has 0 atom stereocenters. The van der Waals surface area contributed by atoms with Gasteiger partial charge in [0.2, 0.25) is 0 Å². The van der Waals surface area contributed by atoms with E-state index in [9.17, 15) is 0 Å². The van der Waals surface area contributed by atoms with Gasteiger partial charge in [0, 0.05) is 11.1 Å². The first-order valence-electron chi connectivity index (χ1n) is 4.77. The highest BCUT2D eigenvalue weighted by Crippen LogP contribution is 2.25. The van der Waals surface area contributed by atoms with Gasteiger partial charge in [-0.2, -0.15) is 0 Å². The molecule has 0 unspecified atom stereocenters. The maximum atomic E-state index is 6.10. The van der Waals surface area contributed by atoms with Crippen LogP contribution in [0.1, 0.15) is 18.2 Å². The Bertz CT molecular complexity index is 477. The van der Waals surface area contributed by atoms with Crippen LogP contribution in [0.3, 0.4) is 0 Å².